The lowest BCUT2D eigenvalue weighted by Gasteiger charge is -2.22. The van der Waals surface area contributed by atoms with E-state index in [1.165, 1.54) is 18.7 Å². The Labute approximate surface area is 96.3 Å². The summed E-state index contributed by atoms with van der Waals surface area (Å²) in [6.07, 6.45) is 2.53. The van der Waals surface area contributed by atoms with Crippen LogP contribution in [0.3, 0.4) is 0 Å². The minimum atomic E-state index is -0.272. The van der Waals surface area contributed by atoms with Crippen molar-refractivity contribution in [3.05, 3.63) is 29.8 Å². The SMILES string of the molecule is CC(C)C(NC1CC1C)c1ccc(F)cn1. The lowest BCUT2D eigenvalue weighted by molar-refractivity contribution is 0.393. The summed E-state index contributed by atoms with van der Waals surface area (Å²) in [5.74, 6) is 0.957. The quantitative estimate of drug-likeness (QED) is 0.847. The van der Waals surface area contributed by atoms with Crippen LogP contribution >= 0.6 is 0 Å². The predicted molar refractivity (Wildman–Crippen MR) is 62.5 cm³/mol. The van der Waals surface area contributed by atoms with Crippen molar-refractivity contribution in [3.63, 3.8) is 0 Å². The Morgan fingerprint density at radius 2 is 2.12 bits per heavy atom. The second-order valence-corrected chi connectivity index (χ2v) is 5.11. The Balaban J connectivity index is 2.09. The van der Waals surface area contributed by atoms with Gasteiger partial charge in [0.25, 0.3) is 0 Å². The largest absolute Gasteiger partial charge is 0.305 e. The number of hydrogen-bond acceptors (Lipinski definition) is 2. The van der Waals surface area contributed by atoms with Gasteiger partial charge in [0.1, 0.15) is 5.82 Å². The van der Waals surface area contributed by atoms with Crippen LogP contribution in [-0.2, 0) is 0 Å². The second kappa shape index (κ2) is 4.50. The van der Waals surface area contributed by atoms with Gasteiger partial charge in [-0.2, -0.15) is 0 Å². The summed E-state index contributed by atoms with van der Waals surface area (Å²) in [6, 6.07) is 4.10. The van der Waals surface area contributed by atoms with Crippen LogP contribution in [-0.4, -0.2) is 11.0 Å². The van der Waals surface area contributed by atoms with Crippen LogP contribution in [0, 0.1) is 17.7 Å². The molecule has 1 aromatic rings. The van der Waals surface area contributed by atoms with E-state index in [1.807, 2.05) is 0 Å². The summed E-state index contributed by atoms with van der Waals surface area (Å²) < 4.78 is 12.8. The zero-order chi connectivity index (χ0) is 11.7. The molecule has 1 N–H and O–H groups in total. The summed E-state index contributed by atoms with van der Waals surface area (Å²) in [4.78, 5) is 4.17. The summed E-state index contributed by atoms with van der Waals surface area (Å²) in [5, 5.41) is 3.59. The van der Waals surface area contributed by atoms with Crippen molar-refractivity contribution < 1.29 is 4.39 Å². The van der Waals surface area contributed by atoms with Gasteiger partial charge in [-0.05, 0) is 30.4 Å². The molecule has 0 radical (unpaired) electrons. The average Bonchev–Trinajstić information content (AvgIpc) is 2.92. The van der Waals surface area contributed by atoms with Gasteiger partial charge in [0.2, 0.25) is 0 Å². The first kappa shape index (κ1) is 11.5. The van der Waals surface area contributed by atoms with Crippen LogP contribution < -0.4 is 5.32 Å². The third kappa shape index (κ3) is 2.59. The Morgan fingerprint density at radius 1 is 1.44 bits per heavy atom. The molecule has 0 aliphatic heterocycles. The smallest absolute Gasteiger partial charge is 0.141 e. The molecule has 1 heterocycles. The van der Waals surface area contributed by atoms with Gasteiger partial charge in [0, 0.05) is 6.04 Å². The van der Waals surface area contributed by atoms with E-state index >= 15 is 0 Å². The highest BCUT2D eigenvalue weighted by Crippen LogP contribution is 2.33. The zero-order valence-corrected chi connectivity index (χ0v) is 10.1. The minimum Gasteiger partial charge on any atom is -0.305 e. The highest BCUT2D eigenvalue weighted by atomic mass is 19.1. The Bertz CT molecular complexity index is 347. The standard InChI is InChI=1S/C13H19FN2/c1-8(2)13(16-12-6-9(12)3)11-5-4-10(14)7-15-11/h4-5,7-9,12-13,16H,6H2,1-3H3. The van der Waals surface area contributed by atoms with Crippen molar-refractivity contribution in [2.75, 3.05) is 0 Å². The number of nitrogens with one attached hydrogen (secondary N) is 1. The van der Waals surface area contributed by atoms with E-state index in [4.69, 9.17) is 0 Å². The normalized spacial score (nSPS) is 25.8. The first-order valence-electron chi connectivity index (χ1n) is 5.95. The number of nitrogens with zero attached hydrogens (tertiary/aromatic N) is 1. The topological polar surface area (TPSA) is 24.9 Å². The maximum atomic E-state index is 12.8. The Morgan fingerprint density at radius 3 is 2.56 bits per heavy atom. The minimum absolute atomic E-state index is 0.232. The van der Waals surface area contributed by atoms with Gasteiger partial charge in [-0.3, -0.25) is 4.98 Å². The summed E-state index contributed by atoms with van der Waals surface area (Å²) in [6.45, 7) is 6.57. The van der Waals surface area contributed by atoms with Crippen molar-refractivity contribution in [3.8, 4) is 0 Å². The summed E-state index contributed by atoms with van der Waals surface area (Å²) >= 11 is 0. The fourth-order valence-corrected chi connectivity index (χ4v) is 1.98. The lowest BCUT2D eigenvalue weighted by atomic mass is 10.00. The van der Waals surface area contributed by atoms with E-state index in [0.29, 0.717) is 12.0 Å². The fraction of sp³-hybridized carbons (Fsp3) is 0.615. The van der Waals surface area contributed by atoms with Crippen molar-refractivity contribution >= 4 is 0 Å². The van der Waals surface area contributed by atoms with E-state index in [1.54, 1.807) is 6.07 Å². The zero-order valence-electron chi connectivity index (χ0n) is 10.1. The molecule has 0 aromatic carbocycles. The van der Waals surface area contributed by atoms with Crippen molar-refractivity contribution in [2.45, 2.75) is 39.3 Å². The van der Waals surface area contributed by atoms with Gasteiger partial charge < -0.3 is 5.32 Å². The van der Waals surface area contributed by atoms with Crippen molar-refractivity contribution in [1.29, 1.82) is 0 Å². The third-order valence-corrected chi connectivity index (χ3v) is 3.24. The molecule has 3 heteroatoms. The molecule has 1 aromatic heterocycles. The molecule has 0 bridgehead atoms. The first-order valence-corrected chi connectivity index (χ1v) is 5.95. The van der Waals surface area contributed by atoms with Gasteiger partial charge in [-0.25, -0.2) is 4.39 Å². The molecule has 2 rings (SSSR count). The molecule has 1 aliphatic carbocycles. The molecule has 2 nitrogen and oxygen atoms in total. The van der Waals surface area contributed by atoms with E-state index < -0.39 is 0 Å². The Kier molecular flexibility index (Phi) is 3.24. The van der Waals surface area contributed by atoms with Gasteiger partial charge in [0.15, 0.2) is 0 Å². The predicted octanol–water partition coefficient (Wildman–Crippen LogP) is 2.92. The van der Waals surface area contributed by atoms with Gasteiger partial charge in [0.05, 0.1) is 17.9 Å². The molecule has 3 atom stereocenters. The van der Waals surface area contributed by atoms with Crippen LogP contribution in [0.25, 0.3) is 0 Å². The monoisotopic (exact) mass is 222 g/mol. The van der Waals surface area contributed by atoms with Gasteiger partial charge in [-0.1, -0.05) is 20.8 Å². The molecular weight excluding hydrogens is 203 g/mol. The van der Waals surface area contributed by atoms with Crippen molar-refractivity contribution in [2.24, 2.45) is 11.8 Å². The molecule has 1 fully saturated rings. The van der Waals surface area contributed by atoms with Gasteiger partial charge in [-0.15, -0.1) is 0 Å². The molecule has 0 amide bonds. The molecule has 16 heavy (non-hydrogen) atoms. The first-order chi connectivity index (χ1) is 7.58. The van der Waals surface area contributed by atoms with Crippen LogP contribution in [0.15, 0.2) is 18.3 Å². The maximum Gasteiger partial charge on any atom is 0.141 e. The molecule has 1 aliphatic rings. The number of hydrogen-bond donors (Lipinski definition) is 1. The summed E-state index contributed by atoms with van der Waals surface area (Å²) in [5.41, 5.74) is 0.940. The number of aromatic nitrogens is 1. The van der Waals surface area contributed by atoms with E-state index in [-0.39, 0.29) is 11.9 Å². The number of halogens is 1. The molecule has 0 spiro atoms. The van der Waals surface area contributed by atoms with Crippen LogP contribution in [0.5, 0.6) is 0 Å². The van der Waals surface area contributed by atoms with E-state index in [2.05, 4.69) is 31.1 Å². The van der Waals surface area contributed by atoms with E-state index in [0.717, 1.165) is 11.6 Å². The fourth-order valence-electron chi connectivity index (χ4n) is 1.98. The third-order valence-electron chi connectivity index (χ3n) is 3.24. The lowest BCUT2D eigenvalue weighted by Crippen LogP contribution is -2.29. The molecule has 88 valence electrons. The van der Waals surface area contributed by atoms with Crippen molar-refractivity contribution in [1.82, 2.24) is 10.3 Å². The van der Waals surface area contributed by atoms with Crippen LogP contribution in [0.1, 0.15) is 38.9 Å². The molecule has 3 unspecified atom stereocenters. The number of pyridine rings is 1. The average molecular weight is 222 g/mol. The van der Waals surface area contributed by atoms with Gasteiger partial charge >= 0.3 is 0 Å². The van der Waals surface area contributed by atoms with E-state index in [9.17, 15) is 4.39 Å². The highest BCUT2D eigenvalue weighted by Gasteiger charge is 2.35. The molecule has 1 saturated carbocycles. The van der Waals surface area contributed by atoms with Crippen LogP contribution in [0.2, 0.25) is 0 Å². The maximum absolute atomic E-state index is 12.8. The highest BCUT2D eigenvalue weighted by molar-refractivity contribution is 5.12. The molecule has 0 saturated heterocycles. The Hall–Kier alpha value is -0.960. The second-order valence-electron chi connectivity index (χ2n) is 5.11. The number of rotatable bonds is 4. The molecular formula is C13H19FN2. The summed E-state index contributed by atoms with van der Waals surface area (Å²) in [7, 11) is 0. The van der Waals surface area contributed by atoms with Crippen LogP contribution in [0.4, 0.5) is 4.39 Å².